The highest BCUT2D eigenvalue weighted by atomic mass is 16.5. The van der Waals surface area contributed by atoms with Gasteiger partial charge in [-0.25, -0.2) is 0 Å². The van der Waals surface area contributed by atoms with E-state index in [1.165, 1.54) is 6.42 Å². The summed E-state index contributed by atoms with van der Waals surface area (Å²) in [5.74, 6) is 0.293. The zero-order valence-corrected chi connectivity index (χ0v) is 15.0. The fourth-order valence-corrected chi connectivity index (χ4v) is 8.19. The van der Waals surface area contributed by atoms with E-state index in [2.05, 4.69) is 13.8 Å². The second kappa shape index (κ2) is 4.44. The summed E-state index contributed by atoms with van der Waals surface area (Å²) >= 11 is 0. The SMILES string of the molecule is C[C@H]1C(=O)[C@@]23[C@H](O)C[C@@H]4C(C)(C)CCC[C@]45CO[C@H](C[C@@H]1[C@H]2O)[C@@H]53. The van der Waals surface area contributed by atoms with Crippen LogP contribution in [0, 0.1) is 39.9 Å². The summed E-state index contributed by atoms with van der Waals surface area (Å²) in [6.07, 6.45) is 3.45. The molecule has 1 aliphatic heterocycles. The zero-order valence-electron chi connectivity index (χ0n) is 15.0. The van der Waals surface area contributed by atoms with Crippen molar-refractivity contribution in [3.63, 3.8) is 0 Å². The topological polar surface area (TPSA) is 66.8 Å². The van der Waals surface area contributed by atoms with Crippen LogP contribution in [0.4, 0.5) is 0 Å². The Kier molecular flexibility index (Phi) is 2.92. The molecule has 2 N–H and O–H groups in total. The Morgan fingerprint density at radius 2 is 1.92 bits per heavy atom. The Balaban J connectivity index is 1.72. The van der Waals surface area contributed by atoms with Gasteiger partial charge in [0.2, 0.25) is 0 Å². The zero-order chi connectivity index (χ0) is 17.1. The number of ketones is 1. The molecule has 5 aliphatic rings. The average Bonchev–Trinajstić information content (AvgIpc) is 2.93. The Morgan fingerprint density at radius 1 is 1.17 bits per heavy atom. The van der Waals surface area contributed by atoms with E-state index < -0.39 is 17.6 Å². The van der Waals surface area contributed by atoms with E-state index in [1.807, 2.05) is 6.92 Å². The third kappa shape index (κ3) is 1.44. The lowest BCUT2D eigenvalue weighted by Crippen LogP contribution is -2.68. The van der Waals surface area contributed by atoms with Crippen molar-refractivity contribution in [2.75, 3.05) is 6.61 Å². The maximum absolute atomic E-state index is 13.3. The third-order valence-corrected chi connectivity index (χ3v) is 9.06. The number of carbonyl (C=O) groups excluding carboxylic acids is 1. The molecule has 5 fully saturated rings. The first-order chi connectivity index (χ1) is 11.3. The van der Waals surface area contributed by atoms with Crippen LogP contribution in [-0.2, 0) is 9.53 Å². The molecule has 0 aromatic rings. The van der Waals surface area contributed by atoms with E-state index in [4.69, 9.17) is 4.74 Å². The molecule has 134 valence electrons. The van der Waals surface area contributed by atoms with Crippen LogP contribution in [-0.4, -0.2) is 40.9 Å². The number of fused-ring (bicyclic) bond motifs is 1. The normalized spacial score (nSPS) is 60.7. The van der Waals surface area contributed by atoms with Gasteiger partial charge < -0.3 is 14.9 Å². The minimum atomic E-state index is -0.965. The van der Waals surface area contributed by atoms with Gasteiger partial charge in [0.25, 0.3) is 0 Å². The van der Waals surface area contributed by atoms with Crippen molar-refractivity contribution >= 4 is 5.78 Å². The van der Waals surface area contributed by atoms with E-state index in [0.717, 1.165) is 19.3 Å². The number of rotatable bonds is 0. The largest absolute Gasteiger partial charge is 0.392 e. The molecule has 2 spiro atoms. The fraction of sp³-hybridized carbons (Fsp3) is 0.950. The van der Waals surface area contributed by atoms with Gasteiger partial charge in [-0.1, -0.05) is 27.2 Å². The first-order valence-corrected chi connectivity index (χ1v) is 9.79. The van der Waals surface area contributed by atoms with Crippen LogP contribution in [0.1, 0.15) is 52.9 Å². The van der Waals surface area contributed by atoms with Gasteiger partial charge in [0.15, 0.2) is 0 Å². The van der Waals surface area contributed by atoms with Crippen molar-refractivity contribution in [3.05, 3.63) is 0 Å². The number of carbonyl (C=O) groups is 1. The second-order valence-electron chi connectivity index (χ2n) is 10.1. The molecule has 2 bridgehead atoms. The maximum atomic E-state index is 13.3. The minimum absolute atomic E-state index is 0.00187. The first-order valence-electron chi connectivity index (χ1n) is 9.79. The van der Waals surface area contributed by atoms with Gasteiger partial charge in [0, 0.05) is 17.3 Å². The number of Topliss-reactive ketones (excluding diaryl/α,β-unsaturated/α-hetero) is 1. The van der Waals surface area contributed by atoms with E-state index in [9.17, 15) is 15.0 Å². The number of aliphatic hydroxyl groups is 2. The highest BCUT2D eigenvalue weighted by Crippen LogP contribution is 2.73. The van der Waals surface area contributed by atoms with Crippen LogP contribution in [0.3, 0.4) is 0 Å². The molecule has 0 aromatic carbocycles. The maximum Gasteiger partial charge on any atom is 0.147 e. The summed E-state index contributed by atoms with van der Waals surface area (Å²) in [4.78, 5) is 13.3. The minimum Gasteiger partial charge on any atom is -0.392 e. The number of hydrogen-bond donors (Lipinski definition) is 2. The molecule has 4 saturated carbocycles. The first kappa shape index (κ1) is 15.8. The second-order valence-corrected chi connectivity index (χ2v) is 10.1. The lowest BCUT2D eigenvalue weighted by atomic mass is 9.40. The summed E-state index contributed by atoms with van der Waals surface area (Å²) in [5, 5.41) is 22.4. The van der Waals surface area contributed by atoms with Gasteiger partial charge in [-0.05, 0) is 42.9 Å². The van der Waals surface area contributed by atoms with Crippen molar-refractivity contribution in [1.82, 2.24) is 0 Å². The molecule has 4 heteroatoms. The molecule has 5 rings (SSSR count). The molecule has 4 nitrogen and oxygen atoms in total. The number of hydrogen-bond acceptors (Lipinski definition) is 4. The van der Waals surface area contributed by atoms with Gasteiger partial charge >= 0.3 is 0 Å². The molecule has 1 saturated heterocycles. The molecule has 9 atom stereocenters. The molecule has 0 radical (unpaired) electrons. The Bertz CT molecular complexity index is 600. The third-order valence-electron chi connectivity index (χ3n) is 9.06. The number of aliphatic hydroxyl groups excluding tert-OH is 2. The van der Waals surface area contributed by atoms with E-state index in [1.54, 1.807) is 0 Å². The lowest BCUT2D eigenvalue weighted by Gasteiger charge is -2.63. The summed E-state index contributed by atoms with van der Waals surface area (Å²) in [6, 6.07) is 0. The molecule has 24 heavy (non-hydrogen) atoms. The lowest BCUT2D eigenvalue weighted by molar-refractivity contribution is -0.220. The average molecular weight is 334 g/mol. The highest BCUT2D eigenvalue weighted by molar-refractivity contribution is 5.92. The summed E-state index contributed by atoms with van der Waals surface area (Å²) in [6.45, 7) is 7.30. The summed E-state index contributed by atoms with van der Waals surface area (Å²) < 4.78 is 6.32. The highest BCUT2D eigenvalue weighted by Gasteiger charge is 2.79. The molecule has 0 unspecified atom stereocenters. The van der Waals surface area contributed by atoms with Crippen molar-refractivity contribution in [3.8, 4) is 0 Å². The number of ether oxygens (including phenoxy) is 1. The molecular formula is C20H30O4. The molecule has 0 amide bonds. The van der Waals surface area contributed by atoms with Gasteiger partial charge in [-0.15, -0.1) is 0 Å². The predicted octanol–water partition coefficient (Wildman–Crippen LogP) is 2.16. The van der Waals surface area contributed by atoms with Gasteiger partial charge in [0.05, 0.1) is 30.3 Å². The molecule has 1 heterocycles. The molecular weight excluding hydrogens is 304 g/mol. The van der Waals surface area contributed by atoms with E-state index in [0.29, 0.717) is 18.9 Å². The monoisotopic (exact) mass is 334 g/mol. The van der Waals surface area contributed by atoms with Crippen molar-refractivity contribution in [2.45, 2.75) is 71.2 Å². The van der Waals surface area contributed by atoms with Crippen LogP contribution in [0.15, 0.2) is 0 Å². The van der Waals surface area contributed by atoms with Gasteiger partial charge in [0.1, 0.15) is 5.78 Å². The van der Waals surface area contributed by atoms with E-state index in [-0.39, 0.29) is 40.5 Å². The quantitative estimate of drug-likeness (QED) is 0.712. The predicted molar refractivity (Wildman–Crippen MR) is 88.1 cm³/mol. The molecule has 0 aromatic heterocycles. The van der Waals surface area contributed by atoms with E-state index >= 15 is 0 Å². The summed E-state index contributed by atoms with van der Waals surface area (Å²) in [5.41, 5.74) is -0.834. The van der Waals surface area contributed by atoms with Crippen molar-refractivity contribution in [2.24, 2.45) is 39.9 Å². The smallest absolute Gasteiger partial charge is 0.147 e. The Hall–Kier alpha value is -0.450. The van der Waals surface area contributed by atoms with Crippen LogP contribution in [0.25, 0.3) is 0 Å². The fourth-order valence-electron chi connectivity index (χ4n) is 8.19. The van der Waals surface area contributed by atoms with Gasteiger partial charge in [-0.2, -0.15) is 0 Å². The standard InChI is InChI=1S/C20H30O4/c1-10-11-7-12-15-19(9-24-12)6-4-5-18(2,3)13(19)8-14(21)20(15,16(10)22)17(11)23/h10-15,17,21,23H,4-9H2,1-3H3/t10-,11+,12-,13-,14-,15+,17-,19+,20+/m1/s1. The summed E-state index contributed by atoms with van der Waals surface area (Å²) in [7, 11) is 0. The van der Waals surface area contributed by atoms with Gasteiger partial charge in [-0.3, -0.25) is 4.79 Å². The van der Waals surface area contributed by atoms with Crippen LogP contribution in [0.5, 0.6) is 0 Å². The Morgan fingerprint density at radius 3 is 2.67 bits per heavy atom. The van der Waals surface area contributed by atoms with Crippen LogP contribution in [0.2, 0.25) is 0 Å². The Labute approximate surface area is 144 Å². The van der Waals surface area contributed by atoms with Crippen molar-refractivity contribution < 1.29 is 19.7 Å². The van der Waals surface area contributed by atoms with Crippen LogP contribution < -0.4 is 0 Å². The molecule has 4 aliphatic carbocycles. The van der Waals surface area contributed by atoms with Crippen LogP contribution >= 0.6 is 0 Å². The van der Waals surface area contributed by atoms with Crippen molar-refractivity contribution in [1.29, 1.82) is 0 Å².